The maximum atomic E-state index is 11.3. The number of nitrogens with one attached hydrogen (secondary N) is 2. The lowest BCUT2D eigenvalue weighted by Crippen LogP contribution is -2.49. The molecule has 0 saturated heterocycles. The zero-order valence-electron chi connectivity index (χ0n) is 9.51. The highest BCUT2D eigenvalue weighted by Crippen LogP contribution is 2.40. The Labute approximate surface area is 94.9 Å². The van der Waals surface area contributed by atoms with E-state index in [0.717, 1.165) is 12.0 Å². The predicted molar refractivity (Wildman–Crippen MR) is 60.1 cm³/mol. The average molecular weight is 226 g/mol. The first-order chi connectivity index (χ1) is 7.46. The molecular weight excluding hydrogens is 208 g/mol. The van der Waals surface area contributed by atoms with Crippen LogP contribution >= 0.6 is 0 Å². The summed E-state index contributed by atoms with van der Waals surface area (Å²) in [5, 5.41) is 14.2. The quantitative estimate of drug-likeness (QED) is 0.614. The van der Waals surface area contributed by atoms with Crippen LogP contribution in [0.1, 0.15) is 26.2 Å². The molecule has 0 bridgehead atoms. The average Bonchev–Trinajstić information content (AvgIpc) is 2.12. The van der Waals surface area contributed by atoms with Crippen LogP contribution < -0.4 is 10.6 Å². The smallest absolute Gasteiger partial charge is 0.315 e. The second-order valence-electron chi connectivity index (χ2n) is 4.43. The third-order valence-corrected chi connectivity index (χ3v) is 2.90. The van der Waals surface area contributed by atoms with Gasteiger partial charge in [0.2, 0.25) is 0 Å². The van der Waals surface area contributed by atoms with Crippen LogP contribution in [0.15, 0.2) is 12.2 Å². The van der Waals surface area contributed by atoms with Crippen molar-refractivity contribution in [3.63, 3.8) is 0 Å². The molecule has 0 spiro atoms. The highest BCUT2D eigenvalue weighted by molar-refractivity contribution is 5.78. The van der Waals surface area contributed by atoms with Gasteiger partial charge in [0.05, 0.1) is 5.41 Å². The van der Waals surface area contributed by atoms with Gasteiger partial charge in [-0.25, -0.2) is 4.79 Å². The van der Waals surface area contributed by atoms with E-state index < -0.39 is 11.4 Å². The van der Waals surface area contributed by atoms with Crippen molar-refractivity contribution in [2.75, 3.05) is 13.1 Å². The van der Waals surface area contributed by atoms with Crippen LogP contribution in [0.5, 0.6) is 0 Å². The van der Waals surface area contributed by atoms with Crippen molar-refractivity contribution in [1.82, 2.24) is 10.6 Å². The summed E-state index contributed by atoms with van der Waals surface area (Å²) in [6.45, 7) is 6.07. The van der Waals surface area contributed by atoms with Crippen molar-refractivity contribution in [3.05, 3.63) is 12.2 Å². The normalized spacial score (nSPS) is 17.1. The molecular formula is C11H18N2O3. The van der Waals surface area contributed by atoms with Crippen LogP contribution in [0.3, 0.4) is 0 Å². The molecule has 0 radical (unpaired) electrons. The van der Waals surface area contributed by atoms with E-state index in [9.17, 15) is 9.59 Å². The van der Waals surface area contributed by atoms with Gasteiger partial charge >= 0.3 is 12.0 Å². The summed E-state index contributed by atoms with van der Waals surface area (Å²) in [6.07, 6.45) is 2.20. The molecule has 0 aromatic carbocycles. The van der Waals surface area contributed by atoms with Crippen LogP contribution in [0.4, 0.5) is 4.79 Å². The second kappa shape index (κ2) is 5.01. The van der Waals surface area contributed by atoms with E-state index >= 15 is 0 Å². The lowest BCUT2D eigenvalue weighted by molar-refractivity contribution is -0.153. The zero-order chi connectivity index (χ0) is 12.2. The molecule has 90 valence electrons. The van der Waals surface area contributed by atoms with Crippen molar-refractivity contribution in [1.29, 1.82) is 0 Å². The summed E-state index contributed by atoms with van der Waals surface area (Å²) in [5.41, 5.74) is 0.118. The van der Waals surface area contributed by atoms with Gasteiger partial charge in [0.1, 0.15) is 0 Å². The highest BCUT2D eigenvalue weighted by Gasteiger charge is 2.44. The Morgan fingerprint density at radius 1 is 1.38 bits per heavy atom. The minimum Gasteiger partial charge on any atom is -0.481 e. The fraction of sp³-hybridized carbons (Fsp3) is 0.636. The third kappa shape index (κ3) is 2.98. The Kier molecular flexibility index (Phi) is 3.93. The number of hydrogen-bond acceptors (Lipinski definition) is 2. The van der Waals surface area contributed by atoms with Crippen LogP contribution in [-0.2, 0) is 4.79 Å². The van der Waals surface area contributed by atoms with Crippen LogP contribution in [-0.4, -0.2) is 30.2 Å². The topological polar surface area (TPSA) is 78.4 Å². The van der Waals surface area contributed by atoms with E-state index in [1.165, 1.54) is 0 Å². The van der Waals surface area contributed by atoms with Crippen molar-refractivity contribution >= 4 is 12.0 Å². The minimum absolute atomic E-state index is 0.199. The number of urea groups is 1. The fourth-order valence-corrected chi connectivity index (χ4v) is 1.61. The van der Waals surface area contributed by atoms with Gasteiger partial charge in [-0.3, -0.25) is 4.79 Å². The Hall–Kier alpha value is -1.52. The fourth-order valence-electron chi connectivity index (χ4n) is 1.61. The minimum atomic E-state index is -0.820. The van der Waals surface area contributed by atoms with E-state index in [0.29, 0.717) is 19.4 Å². The molecule has 0 aromatic heterocycles. The van der Waals surface area contributed by atoms with Gasteiger partial charge in [0, 0.05) is 13.1 Å². The maximum absolute atomic E-state index is 11.3. The summed E-state index contributed by atoms with van der Waals surface area (Å²) in [6, 6.07) is -0.337. The van der Waals surface area contributed by atoms with Crippen molar-refractivity contribution in [2.45, 2.75) is 26.2 Å². The first-order valence-electron chi connectivity index (χ1n) is 5.36. The number of amides is 2. The van der Waals surface area contributed by atoms with Gasteiger partial charge in [-0.05, 0) is 19.8 Å². The Balaban J connectivity index is 2.30. The maximum Gasteiger partial charge on any atom is 0.315 e. The molecule has 1 fully saturated rings. The summed E-state index contributed by atoms with van der Waals surface area (Å²) in [7, 11) is 0. The second-order valence-corrected chi connectivity index (χ2v) is 4.43. The summed E-state index contributed by atoms with van der Waals surface area (Å²) in [4.78, 5) is 22.3. The first kappa shape index (κ1) is 12.5. The molecule has 1 aliphatic rings. The lowest BCUT2D eigenvalue weighted by atomic mass is 9.69. The zero-order valence-corrected chi connectivity index (χ0v) is 9.51. The molecule has 5 heteroatoms. The number of rotatable bonds is 5. The summed E-state index contributed by atoms with van der Waals surface area (Å²) in [5.74, 6) is -0.820. The van der Waals surface area contributed by atoms with E-state index in [4.69, 9.17) is 5.11 Å². The number of carboxylic acid groups (broad SMARTS) is 1. The molecule has 2 amide bonds. The molecule has 1 aliphatic carbocycles. The molecule has 0 aromatic rings. The van der Waals surface area contributed by atoms with Crippen molar-refractivity contribution in [3.8, 4) is 0 Å². The van der Waals surface area contributed by atoms with Gasteiger partial charge in [0.15, 0.2) is 0 Å². The van der Waals surface area contributed by atoms with Gasteiger partial charge in [-0.2, -0.15) is 0 Å². The van der Waals surface area contributed by atoms with Gasteiger partial charge < -0.3 is 15.7 Å². The molecule has 0 heterocycles. The van der Waals surface area contributed by atoms with Gasteiger partial charge in [-0.15, -0.1) is 0 Å². The van der Waals surface area contributed by atoms with Crippen molar-refractivity contribution in [2.24, 2.45) is 5.41 Å². The molecule has 5 nitrogen and oxygen atoms in total. The largest absolute Gasteiger partial charge is 0.481 e. The molecule has 1 rings (SSSR count). The SMILES string of the molecule is C=C(C)CNC(=O)NCC1(C(=O)O)CCC1. The van der Waals surface area contributed by atoms with Crippen molar-refractivity contribution < 1.29 is 14.7 Å². The van der Waals surface area contributed by atoms with E-state index in [1.807, 2.05) is 6.92 Å². The Morgan fingerprint density at radius 2 is 2.00 bits per heavy atom. The third-order valence-electron chi connectivity index (χ3n) is 2.90. The molecule has 16 heavy (non-hydrogen) atoms. The van der Waals surface area contributed by atoms with Crippen LogP contribution in [0.25, 0.3) is 0 Å². The molecule has 3 N–H and O–H groups in total. The van der Waals surface area contributed by atoms with Crippen LogP contribution in [0.2, 0.25) is 0 Å². The van der Waals surface area contributed by atoms with E-state index in [-0.39, 0.29) is 12.6 Å². The monoisotopic (exact) mass is 226 g/mol. The van der Waals surface area contributed by atoms with Gasteiger partial charge in [-0.1, -0.05) is 18.6 Å². The van der Waals surface area contributed by atoms with Crippen LogP contribution in [0, 0.1) is 5.41 Å². The Bertz CT molecular complexity index is 308. The number of aliphatic carboxylic acids is 1. The predicted octanol–water partition coefficient (Wildman–Crippen LogP) is 1.12. The standard InChI is InChI=1S/C11H18N2O3/c1-8(2)6-12-10(16)13-7-11(9(14)15)4-3-5-11/h1,3-7H2,2H3,(H,14,15)(H2,12,13,16). The number of hydrogen-bond donors (Lipinski definition) is 3. The molecule has 1 saturated carbocycles. The highest BCUT2D eigenvalue weighted by atomic mass is 16.4. The number of carbonyl (C=O) groups excluding carboxylic acids is 1. The summed E-state index contributed by atoms with van der Waals surface area (Å²) < 4.78 is 0. The number of carbonyl (C=O) groups is 2. The van der Waals surface area contributed by atoms with E-state index in [2.05, 4.69) is 17.2 Å². The van der Waals surface area contributed by atoms with E-state index in [1.54, 1.807) is 0 Å². The summed E-state index contributed by atoms with van der Waals surface area (Å²) >= 11 is 0. The first-order valence-corrected chi connectivity index (χ1v) is 5.36. The van der Waals surface area contributed by atoms with Gasteiger partial charge in [0.25, 0.3) is 0 Å². The lowest BCUT2D eigenvalue weighted by Gasteiger charge is -2.37. The number of carboxylic acids is 1. The molecule has 0 aliphatic heterocycles. The molecule has 0 unspecified atom stereocenters. The molecule has 0 atom stereocenters. The Morgan fingerprint density at radius 3 is 2.38 bits per heavy atom.